The van der Waals surface area contributed by atoms with Crippen LogP contribution in [0.2, 0.25) is 18.1 Å². The van der Waals surface area contributed by atoms with Crippen LogP contribution in [0.15, 0.2) is 0 Å². The minimum atomic E-state index is -1.84. The molecule has 0 spiro atoms. The van der Waals surface area contributed by atoms with Gasteiger partial charge in [-0.2, -0.15) is 0 Å². The fourth-order valence-corrected chi connectivity index (χ4v) is 4.13. The summed E-state index contributed by atoms with van der Waals surface area (Å²) in [5, 5.41) is 0.182. The van der Waals surface area contributed by atoms with Crippen LogP contribution in [0.4, 0.5) is 4.79 Å². The van der Waals surface area contributed by atoms with Gasteiger partial charge in [-0.05, 0) is 45.3 Å². The smallest absolute Gasteiger partial charge is 0.410 e. The number of unbranched alkanes of at least 4 members (excludes halogenated alkanes) is 1. The molecule has 1 aliphatic rings. The molecule has 0 bridgehead atoms. The molecule has 1 amide bonds. The highest BCUT2D eigenvalue weighted by atomic mass is 28.4. The van der Waals surface area contributed by atoms with E-state index in [0.717, 1.165) is 13.0 Å². The molecule has 0 radical (unpaired) electrons. The Morgan fingerprint density at radius 1 is 1.12 bits per heavy atom. The molecule has 24 heavy (non-hydrogen) atoms. The van der Waals surface area contributed by atoms with Gasteiger partial charge in [-0.1, -0.05) is 40.5 Å². The second-order valence-corrected chi connectivity index (χ2v) is 14.5. The SMILES string of the molecule is CCCC[C@H]1CN(C(=O)OC(C)(C)C)C[C@@H]1O[Si](C)(C)C(C)(C)C. The van der Waals surface area contributed by atoms with Crippen molar-refractivity contribution in [3.8, 4) is 0 Å². The van der Waals surface area contributed by atoms with Gasteiger partial charge >= 0.3 is 6.09 Å². The molecular weight excluding hydrogens is 318 g/mol. The molecule has 0 aromatic heterocycles. The van der Waals surface area contributed by atoms with E-state index in [1.54, 1.807) is 0 Å². The maximum Gasteiger partial charge on any atom is 0.410 e. The zero-order chi connectivity index (χ0) is 18.8. The normalized spacial score (nSPS) is 22.8. The van der Waals surface area contributed by atoms with Gasteiger partial charge in [0.05, 0.1) is 6.10 Å². The van der Waals surface area contributed by atoms with Crippen LogP contribution in [0, 0.1) is 5.92 Å². The van der Waals surface area contributed by atoms with E-state index in [4.69, 9.17) is 9.16 Å². The number of ether oxygens (including phenoxy) is 1. The zero-order valence-corrected chi connectivity index (χ0v) is 18.4. The predicted molar refractivity (Wildman–Crippen MR) is 103 cm³/mol. The van der Waals surface area contributed by atoms with Crippen molar-refractivity contribution in [2.24, 2.45) is 5.92 Å². The van der Waals surface area contributed by atoms with Gasteiger partial charge < -0.3 is 14.1 Å². The Labute approximate surface area is 150 Å². The molecule has 0 saturated carbocycles. The number of hydrogen-bond donors (Lipinski definition) is 0. The van der Waals surface area contributed by atoms with E-state index in [0.29, 0.717) is 12.5 Å². The van der Waals surface area contributed by atoms with Gasteiger partial charge in [0.1, 0.15) is 5.60 Å². The average Bonchev–Trinajstić information content (AvgIpc) is 2.75. The van der Waals surface area contributed by atoms with Crippen molar-refractivity contribution in [1.82, 2.24) is 4.90 Å². The lowest BCUT2D eigenvalue weighted by atomic mass is 9.99. The van der Waals surface area contributed by atoms with Gasteiger partial charge in [-0.3, -0.25) is 0 Å². The molecule has 5 heteroatoms. The Balaban J connectivity index is 2.82. The fraction of sp³-hybridized carbons (Fsp3) is 0.947. The van der Waals surface area contributed by atoms with Crippen molar-refractivity contribution in [3.05, 3.63) is 0 Å². The van der Waals surface area contributed by atoms with E-state index in [1.165, 1.54) is 12.8 Å². The van der Waals surface area contributed by atoms with Gasteiger partial charge in [0.15, 0.2) is 8.32 Å². The summed E-state index contributed by atoms with van der Waals surface area (Å²) in [6.07, 6.45) is 3.42. The van der Waals surface area contributed by atoms with E-state index >= 15 is 0 Å². The summed E-state index contributed by atoms with van der Waals surface area (Å²) in [5.41, 5.74) is -0.450. The van der Waals surface area contributed by atoms with Crippen LogP contribution in [0.25, 0.3) is 0 Å². The van der Waals surface area contributed by atoms with Crippen LogP contribution < -0.4 is 0 Å². The van der Waals surface area contributed by atoms with Crippen molar-refractivity contribution in [2.75, 3.05) is 13.1 Å². The molecule has 1 rings (SSSR count). The number of likely N-dealkylation sites (tertiary alicyclic amines) is 1. The Morgan fingerprint density at radius 2 is 1.71 bits per heavy atom. The minimum absolute atomic E-state index is 0.143. The first-order valence-electron chi connectivity index (χ1n) is 9.42. The molecule has 142 valence electrons. The molecule has 1 aliphatic heterocycles. The monoisotopic (exact) mass is 357 g/mol. The lowest BCUT2D eigenvalue weighted by Crippen LogP contribution is -2.46. The van der Waals surface area contributed by atoms with Crippen molar-refractivity contribution >= 4 is 14.4 Å². The van der Waals surface area contributed by atoms with Gasteiger partial charge in [0, 0.05) is 19.0 Å². The van der Waals surface area contributed by atoms with E-state index in [9.17, 15) is 4.79 Å². The number of carbonyl (C=O) groups is 1. The molecule has 0 aliphatic carbocycles. The lowest BCUT2D eigenvalue weighted by Gasteiger charge is -2.39. The summed E-state index contributed by atoms with van der Waals surface area (Å²) in [6, 6.07) is 0. The summed E-state index contributed by atoms with van der Waals surface area (Å²) >= 11 is 0. The number of amides is 1. The molecule has 1 heterocycles. The second-order valence-electron chi connectivity index (χ2n) is 9.70. The largest absolute Gasteiger partial charge is 0.444 e. The first kappa shape index (κ1) is 21.5. The van der Waals surface area contributed by atoms with Crippen molar-refractivity contribution < 1.29 is 14.0 Å². The van der Waals surface area contributed by atoms with E-state index < -0.39 is 13.9 Å². The van der Waals surface area contributed by atoms with E-state index in [-0.39, 0.29) is 17.2 Å². The molecule has 0 unspecified atom stereocenters. The van der Waals surface area contributed by atoms with E-state index in [1.807, 2.05) is 25.7 Å². The van der Waals surface area contributed by atoms with Crippen molar-refractivity contribution in [1.29, 1.82) is 0 Å². The van der Waals surface area contributed by atoms with Crippen LogP contribution in [0.5, 0.6) is 0 Å². The molecule has 2 atom stereocenters. The Bertz CT molecular complexity index is 423. The van der Waals surface area contributed by atoms with Crippen molar-refractivity contribution in [2.45, 2.75) is 97.6 Å². The third-order valence-corrected chi connectivity index (χ3v) is 9.72. The number of nitrogens with zero attached hydrogens (tertiary/aromatic N) is 1. The minimum Gasteiger partial charge on any atom is -0.444 e. The zero-order valence-electron chi connectivity index (χ0n) is 17.4. The van der Waals surface area contributed by atoms with Crippen LogP contribution in [-0.4, -0.2) is 44.1 Å². The summed E-state index contributed by atoms with van der Waals surface area (Å²) in [7, 11) is -1.84. The topological polar surface area (TPSA) is 38.8 Å². The first-order valence-corrected chi connectivity index (χ1v) is 12.3. The standard InChI is InChI=1S/C19H39NO3Si/c1-10-11-12-15-13-20(17(21)22-18(2,3)4)14-16(15)23-24(8,9)19(5,6)7/h15-16H,10-14H2,1-9H3/t15-,16-/m0/s1. The van der Waals surface area contributed by atoms with Gasteiger partial charge in [0.25, 0.3) is 0 Å². The van der Waals surface area contributed by atoms with Gasteiger partial charge in [-0.25, -0.2) is 4.79 Å². The third kappa shape index (κ3) is 6.07. The maximum absolute atomic E-state index is 12.4. The predicted octanol–water partition coefficient (Wildman–Crippen LogP) is 5.43. The summed E-state index contributed by atoms with van der Waals surface area (Å²) < 4.78 is 12.2. The molecule has 0 aromatic carbocycles. The van der Waals surface area contributed by atoms with Gasteiger partial charge in [-0.15, -0.1) is 0 Å². The quantitative estimate of drug-likeness (QED) is 0.615. The second kappa shape index (κ2) is 7.77. The van der Waals surface area contributed by atoms with Crippen LogP contribution in [0.1, 0.15) is 67.7 Å². The highest BCUT2D eigenvalue weighted by Gasteiger charge is 2.44. The fourth-order valence-electron chi connectivity index (χ4n) is 2.75. The molecule has 0 N–H and O–H groups in total. The average molecular weight is 358 g/mol. The number of rotatable bonds is 5. The van der Waals surface area contributed by atoms with E-state index in [2.05, 4.69) is 40.8 Å². The van der Waals surface area contributed by atoms with Crippen LogP contribution in [0.3, 0.4) is 0 Å². The third-order valence-electron chi connectivity index (χ3n) is 5.21. The first-order chi connectivity index (χ1) is 10.8. The number of carbonyl (C=O) groups excluding carboxylic acids is 1. The van der Waals surface area contributed by atoms with Crippen LogP contribution in [-0.2, 0) is 9.16 Å². The van der Waals surface area contributed by atoms with Crippen molar-refractivity contribution in [3.63, 3.8) is 0 Å². The summed E-state index contributed by atoms with van der Waals surface area (Å²) in [6.45, 7) is 20.8. The summed E-state index contributed by atoms with van der Waals surface area (Å²) in [4.78, 5) is 14.3. The maximum atomic E-state index is 12.4. The summed E-state index contributed by atoms with van der Waals surface area (Å²) in [5.74, 6) is 0.423. The molecular formula is C19H39NO3Si. The lowest BCUT2D eigenvalue weighted by molar-refractivity contribution is 0.0272. The highest BCUT2D eigenvalue weighted by molar-refractivity contribution is 6.74. The highest BCUT2D eigenvalue weighted by Crippen LogP contribution is 2.39. The molecule has 0 aromatic rings. The van der Waals surface area contributed by atoms with Crippen LogP contribution >= 0.6 is 0 Å². The Kier molecular flexibility index (Phi) is 6.96. The Hall–Kier alpha value is -0.553. The van der Waals surface area contributed by atoms with Gasteiger partial charge in [0.2, 0.25) is 0 Å². The number of hydrogen-bond acceptors (Lipinski definition) is 3. The molecule has 1 saturated heterocycles. The Morgan fingerprint density at radius 3 is 2.17 bits per heavy atom. The molecule has 1 fully saturated rings. The molecule has 4 nitrogen and oxygen atoms in total.